The molecule has 2 aromatic heterocycles. The summed E-state index contributed by atoms with van der Waals surface area (Å²) in [5.41, 5.74) is 23.2. The number of anilines is 6. The van der Waals surface area contributed by atoms with Gasteiger partial charge in [-0.05, 0) is 141 Å². The van der Waals surface area contributed by atoms with Crippen LogP contribution in [-0.4, -0.2) is 4.57 Å². The molecule has 77 heavy (non-hydrogen) atoms. The predicted octanol–water partition coefficient (Wildman–Crippen LogP) is 19.6. The monoisotopic (exact) mass is 981 g/mol. The third-order valence-corrected chi connectivity index (χ3v) is 16.4. The van der Waals surface area contributed by atoms with E-state index in [0.717, 1.165) is 78.4 Å². The molecule has 0 bridgehead atoms. The Morgan fingerprint density at radius 2 is 0.753 bits per heavy atom. The van der Waals surface area contributed by atoms with Crippen molar-refractivity contribution in [3.05, 3.63) is 307 Å². The summed E-state index contributed by atoms with van der Waals surface area (Å²) < 4.78 is 8.95. The summed E-state index contributed by atoms with van der Waals surface area (Å²) in [6.07, 6.45) is 0. The van der Waals surface area contributed by atoms with Gasteiger partial charge in [0.05, 0.1) is 39.2 Å². The van der Waals surface area contributed by atoms with Crippen molar-refractivity contribution in [2.24, 2.45) is 0 Å². The molecule has 0 amide bonds. The van der Waals surface area contributed by atoms with Gasteiger partial charge in [-0.25, -0.2) is 0 Å². The van der Waals surface area contributed by atoms with Crippen molar-refractivity contribution >= 4 is 77.9 Å². The van der Waals surface area contributed by atoms with Crippen molar-refractivity contribution < 1.29 is 4.42 Å². The molecule has 0 saturated carbocycles. The Hall–Kier alpha value is -10.2. The van der Waals surface area contributed by atoms with E-state index in [1.807, 2.05) is 6.07 Å². The van der Waals surface area contributed by atoms with Crippen LogP contribution in [0.25, 0.3) is 82.8 Å². The first kappa shape index (κ1) is 43.3. The topological polar surface area (TPSA) is 24.6 Å². The highest BCUT2D eigenvalue weighted by molar-refractivity contribution is 6.11. The average Bonchev–Trinajstić information content (AvgIpc) is 4.24. The minimum absolute atomic E-state index is 0.726. The van der Waals surface area contributed by atoms with Crippen LogP contribution in [0.3, 0.4) is 0 Å². The van der Waals surface area contributed by atoms with Gasteiger partial charge in [-0.15, -0.1) is 0 Å². The average molecular weight is 982 g/mol. The van der Waals surface area contributed by atoms with Gasteiger partial charge in [0.15, 0.2) is 0 Å². The standard InChI is InChI=1S/C73H47N3O/c1-3-18-48(19-4-1)49-34-40-54(41-35-49)75-67-30-13-9-26-61(67)73(62-27-10-14-31-68(62)75)63-28-11-15-32-69(63)76(55-42-36-50(37-43-55)56-24-17-25-59-58-23-8-16-33-71(58)77-72(56)59)70-45-39-52(47-64(70)73)51-38-44-66-60(46-51)57-22-7-12-29-65(57)74(66)53-20-5-2-6-21-53/h1-47H. The smallest absolute Gasteiger partial charge is 0.143 e. The third kappa shape index (κ3) is 6.40. The minimum atomic E-state index is -0.726. The van der Waals surface area contributed by atoms with E-state index in [1.54, 1.807) is 0 Å². The van der Waals surface area contributed by atoms with E-state index in [9.17, 15) is 0 Å². The largest absolute Gasteiger partial charge is 0.455 e. The maximum Gasteiger partial charge on any atom is 0.143 e. The summed E-state index contributed by atoms with van der Waals surface area (Å²) in [6.45, 7) is 0. The van der Waals surface area contributed by atoms with E-state index in [4.69, 9.17) is 4.42 Å². The molecule has 0 N–H and O–H groups in total. The van der Waals surface area contributed by atoms with Gasteiger partial charge in [-0.3, -0.25) is 0 Å². The number of para-hydroxylation sites is 7. The molecule has 12 aromatic carbocycles. The lowest BCUT2D eigenvalue weighted by Crippen LogP contribution is -2.42. The third-order valence-electron chi connectivity index (χ3n) is 16.4. The van der Waals surface area contributed by atoms with Crippen LogP contribution in [0.1, 0.15) is 22.3 Å². The Morgan fingerprint density at radius 1 is 0.273 bits per heavy atom. The normalized spacial score (nSPS) is 13.2. The summed E-state index contributed by atoms with van der Waals surface area (Å²) in [5.74, 6) is 0. The zero-order valence-corrected chi connectivity index (χ0v) is 41.9. The van der Waals surface area contributed by atoms with Crippen molar-refractivity contribution in [3.63, 3.8) is 0 Å². The Balaban J connectivity index is 0.923. The summed E-state index contributed by atoms with van der Waals surface area (Å²) in [5, 5.41) is 4.71. The Morgan fingerprint density at radius 3 is 1.43 bits per heavy atom. The van der Waals surface area contributed by atoms with Crippen molar-refractivity contribution in [2.45, 2.75) is 5.41 Å². The van der Waals surface area contributed by atoms with E-state index in [0.29, 0.717) is 0 Å². The molecule has 2 aliphatic rings. The molecule has 0 aliphatic carbocycles. The first-order chi connectivity index (χ1) is 38.2. The van der Waals surface area contributed by atoms with Gasteiger partial charge in [-0.2, -0.15) is 0 Å². The van der Waals surface area contributed by atoms with E-state index < -0.39 is 5.41 Å². The van der Waals surface area contributed by atoms with E-state index in [-0.39, 0.29) is 0 Å². The molecule has 360 valence electrons. The Kier molecular flexibility index (Phi) is 9.52. The van der Waals surface area contributed by atoms with E-state index >= 15 is 0 Å². The maximum atomic E-state index is 6.56. The second kappa shape index (κ2) is 16.9. The van der Waals surface area contributed by atoms with Crippen molar-refractivity contribution in [2.75, 3.05) is 9.80 Å². The van der Waals surface area contributed by atoms with Crippen LogP contribution >= 0.6 is 0 Å². The number of hydrogen-bond donors (Lipinski definition) is 0. The highest BCUT2D eigenvalue weighted by atomic mass is 16.3. The lowest BCUT2D eigenvalue weighted by atomic mass is 9.60. The zero-order valence-electron chi connectivity index (χ0n) is 41.9. The minimum Gasteiger partial charge on any atom is -0.455 e. The zero-order chi connectivity index (χ0) is 50.6. The van der Waals surface area contributed by atoms with E-state index in [1.165, 1.54) is 60.8 Å². The molecule has 4 heterocycles. The van der Waals surface area contributed by atoms with Gasteiger partial charge in [0.25, 0.3) is 0 Å². The highest BCUT2D eigenvalue weighted by Crippen LogP contribution is 2.64. The number of benzene rings is 12. The first-order valence-electron chi connectivity index (χ1n) is 26.5. The van der Waals surface area contributed by atoms with Crippen LogP contribution in [0.2, 0.25) is 0 Å². The van der Waals surface area contributed by atoms with Gasteiger partial charge in [0.2, 0.25) is 0 Å². The summed E-state index contributed by atoms with van der Waals surface area (Å²) >= 11 is 0. The second-order valence-corrected chi connectivity index (χ2v) is 20.4. The molecular weight excluding hydrogens is 935 g/mol. The number of rotatable bonds is 6. The van der Waals surface area contributed by atoms with E-state index in [2.05, 4.69) is 293 Å². The summed E-state index contributed by atoms with van der Waals surface area (Å²) in [7, 11) is 0. The van der Waals surface area contributed by atoms with Crippen LogP contribution in [0.4, 0.5) is 34.1 Å². The van der Waals surface area contributed by atoms with Crippen molar-refractivity contribution in [1.82, 2.24) is 4.57 Å². The number of aromatic nitrogens is 1. The Bertz CT molecular complexity index is 4580. The fourth-order valence-electron chi connectivity index (χ4n) is 13.1. The molecule has 0 atom stereocenters. The number of fused-ring (bicyclic) bond motifs is 14. The first-order valence-corrected chi connectivity index (χ1v) is 26.5. The van der Waals surface area contributed by atoms with Gasteiger partial charge >= 0.3 is 0 Å². The number of hydrogen-bond acceptors (Lipinski definition) is 3. The second-order valence-electron chi connectivity index (χ2n) is 20.4. The lowest BCUT2D eigenvalue weighted by Gasteiger charge is -2.51. The van der Waals surface area contributed by atoms with Crippen LogP contribution in [-0.2, 0) is 5.41 Å². The van der Waals surface area contributed by atoms with Crippen LogP contribution in [0.15, 0.2) is 290 Å². The molecule has 16 rings (SSSR count). The molecule has 0 radical (unpaired) electrons. The molecule has 4 nitrogen and oxygen atoms in total. The van der Waals surface area contributed by atoms with Gasteiger partial charge in [0.1, 0.15) is 11.2 Å². The van der Waals surface area contributed by atoms with Gasteiger partial charge in [-0.1, -0.05) is 194 Å². The van der Waals surface area contributed by atoms with Gasteiger partial charge < -0.3 is 18.8 Å². The Labute approximate surface area is 446 Å². The van der Waals surface area contributed by atoms with Crippen LogP contribution in [0, 0.1) is 0 Å². The predicted molar refractivity (Wildman–Crippen MR) is 319 cm³/mol. The molecule has 0 unspecified atom stereocenters. The SMILES string of the molecule is c1ccc(-c2ccc(N3c4ccccc4C4(c5ccccc53)c3ccccc3N(c3ccc(-c5cccc6c5oc5ccccc56)cc3)c3ccc(-c5ccc6c(c5)c5ccccc5n6-c5ccccc5)cc34)cc2)cc1. The number of furan rings is 1. The molecule has 4 heteroatoms. The quantitative estimate of drug-likeness (QED) is 0.166. The summed E-state index contributed by atoms with van der Waals surface area (Å²) in [6, 6.07) is 105. The van der Waals surface area contributed by atoms with Gasteiger partial charge in [0, 0.05) is 44.2 Å². The molecule has 1 spiro atoms. The van der Waals surface area contributed by atoms with Crippen LogP contribution < -0.4 is 9.80 Å². The van der Waals surface area contributed by atoms with Crippen LogP contribution in [0.5, 0.6) is 0 Å². The lowest BCUT2D eigenvalue weighted by molar-refractivity contribution is 0.670. The molecule has 2 aliphatic heterocycles. The molecule has 14 aromatic rings. The maximum absolute atomic E-state index is 6.56. The molecule has 0 fully saturated rings. The molecule has 0 saturated heterocycles. The van der Waals surface area contributed by atoms with Crippen molar-refractivity contribution in [3.8, 4) is 39.1 Å². The molecular formula is C73H47N3O. The fraction of sp³-hybridized carbons (Fsp3) is 0.0137. The van der Waals surface area contributed by atoms with Crippen molar-refractivity contribution in [1.29, 1.82) is 0 Å². The highest BCUT2D eigenvalue weighted by Gasteiger charge is 2.52. The fourth-order valence-corrected chi connectivity index (χ4v) is 13.1. The number of nitrogens with zero attached hydrogens (tertiary/aromatic N) is 3. The summed E-state index contributed by atoms with van der Waals surface area (Å²) in [4.78, 5) is 4.96.